The molecular weight excluding hydrogens is 238 g/mol. The molecule has 2 atom stereocenters. The first-order chi connectivity index (χ1) is 9.05. The number of nitrogens with one attached hydrogen (secondary N) is 1. The molecule has 2 unspecified atom stereocenters. The molecule has 1 heterocycles. The summed E-state index contributed by atoms with van der Waals surface area (Å²) >= 11 is 0. The molecule has 1 aromatic rings. The summed E-state index contributed by atoms with van der Waals surface area (Å²) in [5.41, 5.74) is 1.06. The van der Waals surface area contributed by atoms with Crippen molar-refractivity contribution in [1.82, 2.24) is 5.32 Å². The number of fused-ring (bicyclic) bond motifs is 1. The number of para-hydroxylation sites is 1. The van der Waals surface area contributed by atoms with Crippen LogP contribution in [-0.2, 0) is 0 Å². The minimum absolute atomic E-state index is 0.156. The monoisotopic (exact) mass is 261 g/mol. The van der Waals surface area contributed by atoms with E-state index in [1.807, 2.05) is 18.2 Å². The maximum absolute atomic E-state index is 10.0. The highest BCUT2D eigenvalue weighted by Crippen LogP contribution is 2.39. The van der Waals surface area contributed by atoms with E-state index >= 15 is 0 Å². The number of rotatable bonds is 4. The predicted molar refractivity (Wildman–Crippen MR) is 75.2 cm³/mol. The first kappa shape index (κ1) is 12.9. The molecule has 3 heteroatoms. The van der Waals surface area contributed by atoms with E-state index in [0.29, 0.717) is 12.5 Å². The second-order valence-electron chi connectivity index (χ2n) is 6.47. The quantitative estimate of drug-likeness (QED) is 0.875. The number of hydrogen-bond donors (Lipinski definition) is 2. The highest BCUT2D eigenvalue weighted by atomic mass is 16.5. The molecule has 1 saturated carbocycles. The molecule has 0 amide bonds. The van der Waals surface area contributed by atoms with Gasteiger partial charge in [-0.1, -0.05) is 18.2 Å². The van der Waals surface area contributed by atoms with Gasteiger partial charge in [-0.05, 0) is 38.7 Å². The van der Waals surface area contributed by atoms with Gasteiger partial charge in [-0.2, -0.15) is 0 Å². The molecule has 2 N–H and O–H groups in total. The van der Waals surface area contributed by atoms with Crippen LogP contribution in [0.3, 0.4) is 0 Å². The Hall–Kier alpha value is -1.06. The van der Waals surface area contributed by atoms with Gasteiger partial charge in [0.15, 0.2) is 0 Å². The molecular formula is C16H23NO2. The Labute approximate surface area is 115 Å². The van der Waals surface area contributed by atoms with Gasteiger partial charge in [-0.15, -0.1) is 0 Å². The fourth-order valence-electron chi connectivity index (χ4n) is 2.90. The van der Waals surface area contributed by atoms with Gasteiger partial charge >= 0.3 is 0 Å². The van der Waals surface area contributed by atoms with Crippen LogP contribution in [0.4, 0.5) is 0 Å². The van der Waals surface area contributed by atoms with Crippen LogP contribution in [0, 0.1) is 5.92 Å². The van der Waals surface area contributed by atoms with Gasteiger partial charge in [0.25, 0.3) is 0 Å². The lowest BCUT2D eigenvalue weighted by molar-refractivity contribution is 0.0607. The Morgan fingerprint density at radius 2 is 2.11 bits per heavy atom. The zero-order chi connectivity index (χ0) is 13.5. The summed E-state index contributed by atoms with van der Waals surface area (Å²) in [6.07, 6.45) is 3.09. The molecule has 0 aromatic heterocycles. The Morgan fingerprint density at radius 1 is 1.37 bits per heavy atom. The molecule has 3 rings (SSSR count). The van der Waals surface area contributed by atoms with E-state index in [0.717, 1.165) is 12.2 Å². The minimum Gasteiger partial charge on any atom is -0.487 e. The Bertz CT molecular complexity index is 454. The molecule has 0 saturated heterocycles. The molecule has 1 fully saturated rings. The lowest BCUT2D eigenvalue weighted by Gasteiger charge is -2.38. The molecule has 0 spiro atoms. The van der Waals surface area contributed by atoms with Crippen LogP contribution in [-0.4, -0.2) is 23.4 Å². The maximum atomic E-state index is 10.0. The van der Waals surface area contributed by atoms with E-state index < -0.39 is 0 Å². The number of ether oxygens (including phenoxy) is 1. The Morgan fingerprint density at radius 3 is 2.84 bits per heavy atom. The standard InChI is InChI=1S/C16H23NO2/c1-16(2)9-13(17-10-14(18)11-7-8-11)12-5-3-4-6-15(12)19-16/h3-6,11,13-14,17-18H,7-10H2,1-2H3. The van der Waals surface area contributed by atoms with Crippen LogP contribution in [0.25, 0.3) is 0 Å². The average Bonchev–Trinajstić information content (AvgIpc) is 3.18. The van der Waals surface area contributed by atoms with Gasteiger partial charge < -0.3 is 15.2 Å². The van der Waals surface area contributed by atoms with Crippen LogP contribution in [0.1, 0.15) is 44.7 Å². The number of hydrogen-bond acceptors (Lipinski definition) is 3. The summed E-state index contributed by atoms with van der Waals surface area (Å²) in [7, 11) is 0. The van der Waals surface area contributed by atoms with Gasteiger partial charge in [0, 0.05) is 24.6 Å². The van der Waals surface area contributed by atoms with Crippen LogP contribution in [0.15, 0.2) is 24.3 Å². The van der Waals surface area contributed by atoms with E-state index in [-0.39, 0.29) is 17.7 Å². The fourth-order valence-corrected chi connectivity index (χ4v) is 2.90. The van der Waals surface area contributed by atoms with E-state index in [9.17, 15) is 5.11 Å². The average molecular weight is 261 g/mol. The van der Waals surface area contributed by atoms with Gasteiger partial charge in [0.05, 0.1) is 6.10 Å². The smallest absolute Gasteiger partial charge is 0.124 e. The summed E-state index contributed by atoms with van der Waals surface area (Å²) in [4.78, 5) is 0. The van der Waals surface area contributed by atoms with Gasteiger partial charge in [-0.3, -0.25) is 0 Å². The van der Waals surface area contributed by atoms with Gasteiger partial charge in [-0.25, -0.2) is 0 Å². The lowest BCUT2D eigenvalue weighted by atomic mass is 9.89. The summed E-state index contributed by atoms with van der Waals surface area (Å²) < 4.78 is 6.01. The number of aliphatic hydroxyl groups is 1. The van der Waals surface area contributed by atoms with E-state index in [1.165, 1.54) is 18.4 Å². The molecule has 1 aliphatic carbocycles. The van der Waals surface area contributed by atoms with Crippen molar-refractivity contribution in [3.8, 4) is 5.75 Å². The first-order valence-corrected chi connectivity index (χ1v) is 7.24. The van der Waals surface area contributed by atoms with Crippen LogP contribution in [0.2, 0.25) is 0 Å². The first-order valence-electron chi connectivity index (χ1n) is 7.24. The zero-order valence-electron chi connectivity index (χ0n) is 11.7. The summed E-state index contributed by atoms with van der Waals surface area (Å²) in [5.74, 6) is 1.49. The molecule has 3 nitrogen and oxygen atoms in total. The highest BCUT2D eigenvalue weighted by molar-refractivity contribution is 5.38. The number of benzene rings is 1. The normalized spacial score (nSPS) is 26.4. The zero-order valence-corrected chi connectivity index (χ0v) is 11.7. The third-order valence-electron chi connectivity index (χ3n) is 4.12. The topological polar surface area (TPSA) is 41.5 Å². The second-order valence-corrected chi connectivity index (χ2v) is 6.47. The van der Waals surface area contributed by atoms with Crippen molar-refractivity contribution in [2.75, 3.05) is 6.54 Å². The van der Waals surface area contributed by atoms with Crippen LogP contribution < -0.4 is 10.1 Å². The van der Waals surface area contributed by atoms with Crippen molar-refractivity contribution in [3.05, 3.63) is 29.8 Å². The van der Waals surface area contributed by atoms with Crippen molar-refractivity contribution in [3.63, 3.8) is 0 Å². The summed E-state index contributed by atoms with van der Waals surface area (Å²) in [5, 5.41) is 13.5. The Balaban J connectivity index is 1.72. The van der Waals surface area contributed by atoms with Crippen molar-refractivity contribution in [2.24, 2.45) is 5.92 Å². The number of aliphatic hydroxyl groups excluding tert-OH is 1. The van der Waals surface area contributed by atoms with Crippen molar-refractivity contribution in [1.29, 1.82) is 0 Å². The van der Waals surface area contributed by atoms with Crippen molar-refractivity contribution in [2.45, 2.75) is 50.9 Å². The highest BCUT2D eigenvalue weighted by Gasteiger charge is 2.35. The molecule has 0 bridgehead atoms. The van der Waals surface area contributed by atoms with E-state index in [1.54, 1.807) is 0 Å². The fraction of sp³-hybridized carbons (Fsp3) is 0.625. The molecule has 2 aliphatic rings. The van der Waals surface area contributed by atoms with Crippen molar-refractivity contribution < 1.29 is 9.84 Å². The lowest BCUT2D eigenvalue weighted by Crippen LogP contribution is -2.41. The predicted octanol–water partition coefficient (Wildman–Crippen LogP) is 2.65. The van der Waals surface area contributed by atoms with Crippen LogP contribution in [0.5, 0.6) is 5.75 Å². The van der Waals surface area contributed by atoms with Gasteiger partial charge in [0.1, 0.15) is 11.4 Å². The SMILES string of the molecule is CC1(C)CC(NCC(O)C2CC2)c2ccccc2O1. The maximum Gasteiger partial charge on any atom is 0.124 e. The van der Waals surface area contributed by atoms with E-state index in [2.05, 4.69) is 25.2 Å². The third kappa shape index (κ3) is 2.93. The molecule has 1 aliphatic heterocycles. The Kier molecular flexibility index (Phi) is 3.27. The molecule has 1 aromatic carbocycles. The molecule has 19 heavy (non-hydrogen) atoms. The third-order valence-corrected chi connectivity index (χ3v) is 4.12. The largest absolute Gasteiger partial charge is 0.487 e. The summed E-state index contributed by atoms with van der Waals surface area (Å²) in [6.45, 7) is 4.92. The van der Waals surface area contributed by atoms with Gasteiger partial charge in [0.2, 0.25) is 0 Å². The second kappa shape index (κ2) is 4.80. The molecule has 0 radical (unpaired) electrons. The van der Waals surface area contributed by atoms with E-state index in [4.69, 9.17) is 4.74 Å². The van der Waals surface area contributed by atoms with Crippen molar-refractivity contribution >= 4 is 0 Å². The minimum atomic E-state index is -0.196. The molecule has 104 valence electrons. The van der Waals surface area contributed by atoms with Crippen LogP contribution >= 0.6 is 0 Å². The summed E-state index contributed by atoms with van der Waals surface area (Å²) in [6, 6.07) is 8.48.